The number of hydrogen-bond donors (Lipinski definition) is 3. The Hall–Kier alpha value is -12.3. The van der Waals surface area contributed by atoms with E-state index in [0.717, 1.165) is 99.6 Å². The van der Waals surface area contributed by atoms with Crippen LogP contribution in [-0.4, -0.2) is 47.6 Å². The molecule has 9 aromatic heterocycles. The van der Waals surface area contributed by atoms with E-state index in [9.17, 15) is 14.4 Å². The number of hydrogen-bond acceptors (Lipinski definition) is 15. The number of thiophene rings is 3. The maximum absolute atomic E-state index is 10.0. The molecule has 9 heterocycles. The first-order valence-electron chi connectivity index (χ1n) is 38.8. The third kappa shape index (κ3) is 20.4. The Morgan fingerprint density at radius 3 is 1.10 bits per heavy atom. The van der Waals surface area contributed by atoms with Gasteiger partial charge in [-0.1, -0.05) is 239 Å². The molecular weight excluding hydrogens is 2120 g/mol. The molecule has 617 valence electrons. The SMILES string of the molecule is CC(=O)C=C(C)O.CC(=O)C=C(C)O.CC(=O)C=C(C)O.Cc1c(-c2ccccc2)sc2cnc(-c3[c-]ccc4c3oc3ccccc34)cc12.Cc1cccc(C)c1-c1ccc(-c2cc3cc(-c4[c-]ccc5c4oc4ccccc45)ncc3s2)cc1.[Ir].[Ir].[Ir].[c-]1ccc2c(oc3ccccc32)c1-c1cc2c(-c3ccccc3)c(-c3ccccc3)sc2cn1. The van der Waals surface area contributed by atoms with E-state index in [2.05, 4.69) is 233 Å². The first kappa shape index (κ1) is 90.0. The predicted molar refractivity (Wildman–Crippen MR) is 496 cm³/mol. The van der Waals surface area contributed by atoms with Crippen molar-refractivity contribution in [2.24, 2.45) is 0 Å². The summed E-state index contributed by atoms with van der Waals surface area (Å²) in [7, 11) is 0. The largest absolute Gasteiger partial charge is 0.512 e. The zero-order valence-corrected chi connectivity index (χ0v) is 77.9. The van der Waals surface area contributed by atoms with Gasteiger partial charge in [-0.2, -0.15) is 0 Å². The molecule has 12 nitrogen and oxygen atoms in total. The Balaban J connectivity index is 0.000000149. The van der Waals surface area contributed by atoms with Crippen molar-refractivity contribution in [2.45, 2.75) is 62.3 Å². The average Bonchev–Trinajstić information content (AvgIpc) is 1.60. The van der Waals surface area contributed by atoms with Crippen LogP contribution in [0.4, 0.5) is 0 Å². The number of allylic oxidation sites excluding steroid dienone is 6. The number of benzene rings is 11. The molecule has 0 saturated carbocycles. The van der Waals surface area contributed by atoms with Gasteiger partial charge in [0, 0.05) is 133 Å². The summed E-state index contributed by atoms with van der Waals surface area (Å²) in [5, 5.41) is 35.3. The van der Waals surface area contributed by atoms with Crippen molar-refractivity contribution in [3.8, 4) is 87.3 Å². The molecule has 0 amide bonds. The number of aliphatic hydroxyl groups excluding tert-OH is 3. The Bertz CT molecular complexity index is 7230. The number of fused-ring (bicyclic) bond motifs is 12. The number of aromatic nitrogens is 3. The van der Waals surface area contributed by atoms with E-state index in [-0.39, 0.29) is 94.9 Å². The smallest absolute Gasteiger partial charge is 0.155 e. The van der Waals surface area contributed by atoms with Gasteiger partial charge in [0.1, 0.15) is 16.7 Å². The topological polar surface area (TPSA) is 190 Å². The number of aryl methyl sites for hydroxylation is 3. The van der Waals surface area contributed by atoms with Gasteiger partial charge in [0.15, 0.2) is 17.3 Å². The fourth-order valence-electron chi connectivity index (χ4n) is 14.8. The first-order chi connectivity index (χ1) is 58.2. The van der Waals surface area contributed by atoms with Crippen molar-refractivity contribution < 1.29 is 103 Å². The molecule has 0 atom stereocenters. The summed E-state index contributed by atoms with van der Waals surface area (Å²) in [5.74, 6) is -0.187. The molecule has 18 heteroatoms. The molecule has 20 aromatic rings. The Kier molecular flexibility index (Phi) is 29.7. The zero-order valence-electron chi connectivity index (χ0n) is 68.2. The summed E-state index contributed by atoms with van der Waals surface area (Å²) >= 11 is 5.35. The van der Waals surface area contributed by atoms with Gasteiger partial charge >= 0.3 is 0 Å². The van der Waals surface area contributed by atoms with Crippen LogP contribution in [-0.2, 0) is 74.7 Å². The number of rotatable bonds is 11. The van der Waals surface area contributed by atoms with Gasteiger partial charge in [0.25, 0.3) is 0 Å². The number of ketones is 3. The molecule has 0 spiro atoms. The minimum atomic E-state index is -0.125. The second-order valence-corrected chi connectivity index (χ2v) is 32.1. The Morgan fingerprint density at radius 1 is 0.333 bits per heavy atom. The van der Waals surface area contributed by atoms with Crippen molar-refractivity contribution in [2.75, 3.05) is 0 Å². The fraction of sp³-hybridized carbons (Fsp3) is 0.0857. The number of furan rings is 3. The molecule has 0 aliphatic heterocycles. The van der Waals surface area contributed by atoms with Crippen molar-refractivity contribution >= 4 is 147 Å². The molecular formula is C105H80Ir3N3O9S3-3. The molecule has 3 radical (unpaired) electrons. The van der Waals surface area contributed by atoms with Crippen molar-refractivity contribution in [1.82, 2.24) is 15.0 Å². The third-order valence-corrected chi connectivity index (χ3v) is 23.5. The van der Waals surface area contributed by atoms with Crippen LogP contribution in [0, 0.1) is 39.0 Å². The van der Waals surface area contributed by atoms with E-state index in [1.165, 1.54) is 160 Å². The minimum Gasteiger partial charge on any atom is -0.512 e. The molecule has 0 fully saturated rings. The Morgan fingerprint density at radius 2 is 0.683 bits per heavy atom. The quantitative estimate of drug-likeness (QED) is 0.0632. The van der Waals surface area contributed by atoms with Crippen molar-refractivity contribution in [3.05, 3.63) is 356 Å². The maximum Gasteiger partial charge on any atom is 0.155 e. The fourth-order valence-corrected chi connectivity index (χ4v) is 18.1. The summed E-state index contributed by atoms with van der Waals surface area (Å²) in [6, 6.07) is 103. The number of nitrogens with zero attached hydrogens (tertiary/aromatic N) is 3. The average molecular weight is 2200 g/mol. The van der Waals surface area contributed by atoms with E-state index in [1.807, 2.05) is 91.4 Å². The summed E-state index contributed by atoms with van der Waals surface area (Å²) in [4.78, 5) is 48.3. The predicted octanol–water partition coefficient (Wildman–Crippen LogP) is 29.4. The maximum atomic E-state index is 10.0. The standard InChI is InChI=1S/C33H22NOS.C31H18NOS.C26H16NOS.3C5H8O2.3Ir/c1-20-7-5-8-21(2)32(20)23-15-13-22(14-16-23)30-18-24-17-28(34-19-31(24)36-30)27-11-6-10-26-25-9-3-4-12-29(25)35-33(26)27;1-3-10-20(11-4-1)29-25-18-26(32-19-28(25)34-31(29)21-12-5-2-6-13-21)24-16-9-15-23-22-14-7-8-17-27(22)33-30(23)24;1-16-21-14-22(27-15-24(21)29-26(16)17-8-3-2-4-9-17)20-12-7-11-19-18-10-5-6-13-23(18)28-25(19)20;3*1-4(6)3-5(2)7;;;/h3-10,12-19H,1-2H3;1-15,17-19H;2-11,13-15H,1H3;3*3,6H,1-2H3;;;/q3*-1;;;;;;. The second-order valence-electron chi connectivity index (χ2n) is 28.9. The molecule has 123 heavy (non-hydrogen) atoms. The van der Waals surface area contributed by atoms with E-state index >= 15 is 0 Å². The van der Waals surface area contributed by atoms with E-state index in [1.54, 1.807) is 34.0 Å². The summed E-state index contributed by atoms with van der Waals surface area (Å²) in [6.07, 6.45) is 9.44. The number of para-hydroxylation sites is 3. The summed E-state index contributed by atoms with van der Waals surface area (Å²) < 4.78 is 22.2. The van der Waals surface area contributed by atoms with Gasteiger partial charge in [0.2, 0.25) is 0 Å². The van der Waals surface area contributed by atoms with Crippen LogP contribution in [0.15, 0.2) is 334 Å². The van der Waals surface area contributed by atoms with Crippen LogP contribution >= 0.6 is 34.0 Å². The van der Waals surface area contributed by atoms with Crippen LogP contribution in [0.3, 0.4) is 0 Å². The van der Waals surface area contributed by atoms with Crippen LogP contribution in [0.5, 0.6) is 0 Å². The van der Waals surface area contributed by atoms with Gasteiger partial charge in [-0.25, -0.2) is 0 Å². The van der Waals surface area contributed by atoms with E-state index in [4.69, 9.17) is 43.5 Å². The van der Waals surface area contributed by atoms with Gasteiger partial charge in [-0.3, -0.25) is 14.4 Å². The monoisotopic (exact) mass is 2200 g/mol. The second kappa shape index (κ2) is 40.6. The summed E-state index contributed by atoms with van der Waals surface area (Å²) in [6.45, 7) is 15.1. The third-order valence-electron chi connectivity index (χ3n) is 19.9. The molecule has 0 saturated heterocycles. The van der Waals surface area contributed by atoms with Crippen LogP contribution < -0.4 is 0 Å². The summed E-state index contributed by atoms with van der Waals surface area (Å²) in [5.41, 5.74) is 23.1. The van der Waals surface area contributed by atoms with Crippen LogP contribution in [0.2, 0.25) is 0 Å². The molecule has 0 bridgehead atoms. The molecule has 0 unspecified atom stereocenters. The number of aliphatic hydroxyl groups is 3. The Labute approximate surface area is 764 Å². The van der Waals surface area contributed by atoms with Crippen LogP contribution in [0.1, 0.15) is 58.2 Å². The van der Waals surface area contributed by atoms with E-state index in [0.29, 0.717) is 0 Å². The van der Waals surface area contributed by atoms with Crippen molar-refractivity contribution in [3.63, 3.8) is 0 Å². The van der Waals surface area contributed by atoms with E-state index < -0.39 is 0 Å². The molecule has 0 aliphatic rings. The number of carbonyl (C=O) groups excluding carboxylic acids is 3. The first-order valence-corrected chi connectivity index (χ1v) is 41.3. The van der Waals surface area contributed by atoms with Gasteiger partial charge < -0.3 is 43.5 Å². The molecule has 0 aliphatic carbocycles. The van der Waals surface area contributed by atoms with Gasteiger partial charge in [-0.05, 0) is 170 Å². The molecule has 11 aromatic carbocycles. The molecule has 3 N–H and O–H groups in total. The number of pyridine rings is 3. The minimum absolute atomic E-state index is 0. The number of carbonyl (C=O) groups is 3. The van der Waals surface area contributed by atoms with Crippen molar-refractivity contribution in [1.29, 1.82) is 0 Å². The van der Waals surface area contributed by atoms with Crippen LogP contribution in [0.25, 0.3) is 183 Å². The van der Waals surface area contributed by atoms with Gasteiger partial charge in [0.05, 0.1) is 48.1 Å². The van der Waals surface area contributed by atoms with Gasteiger partial charge in [-0.15, -0.1) is 88.6 Å². The molecule has 20 rings (SSSR count). The normalized spacial score (nSPS) is 11.3. The zero-order chi connectivity index (χ0) is 83.7.